The third-order valence-electron chi connectivity index (χ3n) is 4.47. The van der Waals surface area contributed by atoms with Gasteiger partial charge in [0.25, 0.3) is 5.56 Å². The van der Waals surface area contributed by atoms with Crippen LogP contribution in [0.15, 0.2) is 47.3 Å². The van der Waals surface area contributed by atoms with Crippen molar-refractivity contribution in [1.82, 2.24) is 9.55 Å². The second-order valence-corrected chi connectivity index (χ2v) is 5.97. The van der Waals surface area contributed by atoms with Crippen LogP contribution >= 0.6 is 0 Å². The number of fused-ring (bicyclic) bond motifs is 2. The van der Waals surface area contributed by atoms with Gasteiger partial charge >= 0.3 is 0 Å². The molecule has 0 bridgehead atoms. The number of hydrogen-bond donors (Lipinski definition) is 0. The minimum absolute atomic E-state index is 0.0206. The third-order valence-corrected chi connectivity index (χ3v) is 4.47. The van der Waals surface area contributed by atoms with Crippen molar-refractivity contribution in [1.29, 1.82) is 0 Å². The Morgan fingerprint density at radius 3 is 2.52 bits per heavy atom. The fourth-order valence-electron chi connectivity index (χ4n) is 3.22. The smallest absolute Gasteiger partial charge is 0.261 e. The highest BCUT2D eigenvalue weighted by atomic mass is 16.5. The number of methoxy groups -OCH3 is 2. The van der Waals surface area contributed by atoms with Crippen LogP contribution < -0.4 is 15.0 Å². The van der Waals surface area contributed by atoms with Gasteiger partial charge in [-0.05, 0) is 47.9 Å². The number of aromatic nitrogens is 2. The molecule has 0 aliphatic carbocycles. The van der Waals surface area contributed by atoms with Crippen LogP contribution in [0, 0.1) is 0 Å². The highest BCUT2D eigenvalue weighted by molar-refractivity contribution is 5.85. The van der Waals surface area contributed by atoms with Gasteiger partial charge in [0.15, 0.2) is 0 Å². The zero-order chi connectivity index (χ0) is 17.4. The lowest BCUT2D eigenvalue weighted by Gasteiger charge is -2.07. The molecule has 3 aromatic rings. The average molecular weight is 334 g/mol. The van der Waals surface area contributed by atoms with Gasteiger partial charge in [0.1, 0.15) is 17.3 Å². The van der Waals surface area contributed by atoms with E-state index in [4.69, 9.17) is 14.5 Å². The second kappa shape index (κ2) is 6.09. The monoisotopic (exact) mass is 334 g/mol. The molecule has 0 atom stereocenters. The summed E-state index contributed by atoms with van der Waals surface area (Å²) >= 11 is 0. The zero-order valence-corrected chi connectivity index (χ0v) is 14.2. The van der Waals surface area contributed by atoms with Crippen LogP contribution in [0.25, 0.3) is 22.6 Å². The van der Waals surface area contributed by atoms with Crippen molar-refractivity contribution >= 4 is 22.6 Å². The minimum Gasteiger partial charge on any atom is -0.497 e. The van der Waals surface area contributed by atoms with Gasteiger partial charge in [0.05, 0.1) is 25.1 Å². The molecule has 0 amide bonds. The first-order chi connectivity index (χ1) is 12.2. The molecule has 0 N–H and O–H groups in total. The Morgan fingerprint density at radius 2 is 1.80 bits per heavy atom. The van der Waals surface area contributed by atoms with E-state index in [0.717, 1.165) is 40.4 Å². The Balaban J connectivity index is 1.86. The lowest BCUT2D eigenvalue weighted by Crippen LogP contribution is -2.20. The topological polar surface area (TPSA) is 53.4 Å². The van der Waals surface area contributed by atoms with E-state index in [0.29, 0.717) is 11.9 Å². The van der Waals surface area contributed by atoms with Crippen molar-refractivity contribution in [3.8, 4) is 11.5 Å². The summed E-state index contributed by atoms with van der Waals surface area (Å²) in [6, 6.07) is 13.2. The molecule has 0 radical (unpaired) electrons. The normalized spacial score (nSPS) is 14.7. The van der Waals surface area contributed by atoms with E-state index in [1.165, 1.54) is 0 Å². The van der Waals surface area contributed by atoms with Crippen LogP contribution in [-0.4, -0.2) is 23.8 Å². The van der Waals surface area contributed by atoms with Gasteiger partial charge in [-0.3, -0.25) is 9.36 Å². The van der Waals surface area contributed by atoms with Gasteiger partial charge in [-0.15, -0.1) is 0 Å². The van der Waals surface area contributed by atoms with Crippen LogP contribution in [0.2, 0.25) is 0 Å². The number of hydrogen-bond acceptors (Lipinski definition) is 4. The van der Waals surface area contributed by atoms with Gasteiger partial charge in [-0.25, -0.2) is 4.98 Å². The van der Waals surface area contributed by atoms with Crippen molar-refractivity contribution in [2.24, 2.45) is 0 Å². The molecule has 0 saturated heterocycles. The maximum atomic E-state index is 12.7. The van der Waals surface area contributed by atoms with E-state index < -0.39 is 0 Å². The summed E-state index contributed by atoms with van der Waals surface area (Å²) in [5.41, 5.74) is 2.75. The molecule has 0 fully saturated rings. The molecular formula is C20H18N2O3. The van der Waals surface area contributed by atoms with Crippen molar-refractivity contribution in [2.75, 3.05) is 14.2 Å². The molecule has 1 aliphatic rings. The van der Waals surface area contributed by atoms with Gasteiger partial charge < -0.3 is 9.47 Å². The summed E-state index contributed by atoms with van der Waals surface area (Å²) in [6.07, 6.45) is 2.82. The quantitative estimate of drug-likeness (QED) is 0.737. The molecule has 4 rings (SSSR count). The number of nitrogens with zero attached hydrogens (tertiary/aromatic N) is 2. The molecular weight excluding hydrogens is 316 g/mol. The summed E-state index contributed by atoms with van der Waals surface area (Å²) in [4.78, 5) is 17.4. The van der Waals surface area contributed by atoms with Crippen LogP contribution in [-0.2, 0) is 6.54 Å². The first-order valence-corrected chi connectivity index (χ1v) is 8.13. The molecule has 25 heavy (non-hydrogen) atoms. The molecule has 2 heterocycles. The highest BCUT2D eigenvalue weighted by Gasteiger charge is 2.20. The zero-order valence-electron chi connectivity index (χ0n) is 14.2. The Bertz CT molecular complexity index is 1030. The molecule has 2 aromatic carbocycles. The van der Waals surface area contributed by atoms with Gasteiger partial charge in [-0.1, -0.05) is 12.1 Å². The first-order valence-electron chi connectivity index (χ1n) is 8.13. The molecule has 1 aromatic heterocycles. The van der Waals surface area contributed by atoms with Crippen LogP contribution in [0.4, 0.5) is 0 Å². The SMILES string of the molecule is COc1cc(/C=C2\CCn3c2nc2ccccc2c3=O)cc(OC)c1. The predicted molar refractivity (Wildman–Crippen MR) is 98.0 cm³/mol. The third kappa shape index (κ3) is 2.67. The molecule has 0 saturated carbocycles. The fraction of sp³-hybridized carbons (Fsp3) is 0.200. The summed E-state index contributed by atoms with van der Waals surface area (Å²) < 4.78 is 12.4. The van der Waals surface area contributed by atoms with Crippen LogP contribution in [0.5, 0.6) is 11.5 Å². The molecule has 126 valence electrons. The van der Waals surface area contributed by atoms with Crippen LogP contribution in [0.3, 0.4) is 0 Å². The predicted octanol–water partition coefficient (Wildman–Crippen LogP) is 3.36. The van der Waals surface area contributed by atoms with Gasteiger partial charge in [0, 0.05) is 12.6 Å². The van der Waals surface area contributed by atoms with Crippen molar-refractivity contribution in [3.05, 3.63) is 64.2 Å². The number of ether oxygens (including phenoxy) is 2. The summed E-state index contributed by atoms with van der Waals surface area (Å²) in [6.45, 7) is 0.652. The average Bonchev–Trinajstić information content (AvgIpc) is 3.04. The van der Waals surface area contributed by atoms with E-state index >= 15 is 0 Å². The Labute approximate surface area is 145 Å². The lowest BCUT2D eigenvalue weighted by atomic mass is 10.1. The summed E-state index contributed by atoms with van der Waals surface area (Å²) in [7, 11) is 3.26. The van der Waals surface area contributed by atoms with E-state index in [1.807, 2.05) is 48.5 Å². The van der Waals surface area contributed by atoms with Crippen molar-refractivity contribution in [2.45, 2.75) is 13.0 Å². The number of benzene rings is 2. The number of para-hydroxylation sites is 1. The van der Waals surface area contributed by atoms with E-state index in [1.54, 1.807) is 18.8 Å². The van der Waals surface area contributed by atoms with Gasteiger partial charge in [0.2, 0.25) is 0 Å². The fourth-order valence-corrected chi connectivity index (χ4v) is 3.22. The largest absolute Gasteiger partial charge is 0.497 e. The van der Waals surface area contributed by atoms with Crippen molar-refractivity contribution < 1.29 is 9.47 Å². The first kappa shape index (κ1) is 15.4. The standard InChI is InChI=1S/C20H18N2O3/c1-24-15-10-13(11-16(12-15)25-2)9-14-7-8-22-19(14)21-18-6-4-3-5-17(18)20(22)23/h3-6,9-12H,7-8H2,1-2H3/b14-9+. The molecule has 0 spiro atoms. The molecule has 1 aliphatic heterocycles. The maximum absolute atomic E-state index is 12.7. The van der Waals surface area contributed by atoms with E-state index in [9.17, 15) is 4.79 Å². The van der Waals surface area contributed by atoms with Crippen molar-refractivity contribution in [3.63, 3.8) is 0 Å². The summed E-state index contributed by atoms with van der Waals surface area (Å²) in [5.74, 6) is 2.20. The second-order valence-electron chi connectivity index (χ2n) is 5.97. The molecule has 0 unspecified atom stereocenters. The lowest BCUT2D eigenvalue weighted by molar-refractivity contribution is 0.394. The number of allylic oxidation sites excluding steroid dienone is 1. The Morgan fingerprint density at radius 1 is 1.08 bits per heavy atom. The Hall–Kier alpha value is -3.08. The molecule has 5 heteroatoms. The molecule has 5 nitrogen and oxygen atoms in total. The highest BCUT2D eigenvalue weighted by Crippen LogP contribution is 2.30. The van der Waals surface area contributed by atoms with E-state index in [2.05, 4.69) is 0 Å². The summed E-state index contributed by atoms with van der Waals surface area (Å²) in [5, 5.41) is 0.663. The maximum Gasteiger partial charge on any atom is 0.261 e. The minimum atomic E-state index is 0.0206. The van der Waals surface area contributed by atoms with E-state index in [-0.39, 0.29) is 5.56 Å². The van der Waals surface area contributed by atoms with Crippen LogP contribution in [0.1, 0.15) is 17.8 Å². The van der Waals surface area contributed by atoms with Gasteiger partial charge in [-0.2, -0.15) is 0 Å². The Kier molecular flexibility index (Phi) is 3.76. The number of rotatable bonds is 3.